The summed E-state index contributed by atoms with van der Waals surface area (Å²) in [4.78, 5) is 2.55. The minimum atomic E-state index is 0.385. The molecular formula is C13H19N. The summed E-state index contributed by atoms with van der Waals surface area (Å²) >= 11 is 0. The van der Waals surface area contributed by atoms with Crippen LogP contribution in [0.4, 0.5) is 0 Å². The molecule has 1 heteroatoms. The zero-order valence-electron chi connectivity index (χ0n) is 9.33. The monoisotopic (exact) mass is 189 g/mol. The molecular weight excluding hydrogens is 170 g/mol. The fourth-order valence-electron chi connectivity index (χ4n) is 2.06. The molecule has 1 fully saturated rings. The summed E-state index contributed by atoms with van der Waals surface area (Å²) in [6.07, 6.45) is 0. The van der Waals surface area contributed by atoms with Gasteiger partial charge in [0, 0.05) is 18.6 Å². The molecule has 0 aliphatic carbocycles. The highest BCUT2D eigenvalue weighted by Gasteiger charge is 2.42. The van der Waals surface area contributed by atoms with E-state index < -0.39 is 0 Å². The first-order chi connectivity index (χ1) is 6.60. The highest BCUT2D eigenvalue weighted by Crippen LogP contribution is 2.36. The van der Waals surface area contributed by atoms with E-state index in [-0.39, 0.29) is 0 Å². The van der Waals surface area contributed by atoms with Gasteiger partial charge >= 0.3 is 0 Å². The lowest BCUT2D eigenvalue weighted by atomic mass is 9.78. The second-order valence-electron chi connectivity index (χ2n) is 4.92. The largest absolute Gasteiger partial charge is 0.293 e. The van der Waals surface area contributed by atoms with Crippen molar-refractivity contribution in [3.05, 3.63) is 35.9 Å². The van der Waals surface area contributed by atoms with E-state index in [1.165, 1.54) is 12.1 Å². The van der Waals surface area contributed by atoms with E-state index >= 15 is 0 Å². The van der Waals surface area contributed by atoms with Gasteiger partial charge in [-0.15, -0.1) is 0 Å². The first-order valence-electron chi connectivity index (χ1n) is 5.39. The average molecular weight is 189 g/mol. The standard InChI is InChI=1S/C13H19N/c1-11-9-14(13(11,2)3)10-12-7-5-4-6-8-12/h4-8,11H,9-10H2,1-3H3. The highest BCUT2D eigenvalue weighted by molar-refractivity contribution is 5.16. The molecule has 1 aliphatic heterocycles. The molecule has 14 heavy (non-hydrogen) atoms. The van der Waals surface area contributed by atoms with Crippen LogP contribution in [0, 0.1) is 5.92 Å². The number of hydrogen-bond donors (Lipinski definition) is 0. The van der Waals surface area contributed by atoms with Crippen LogP contribution in [0.25, 0.3) is 0 Å². The lowest BCUT2D eigenvalue weighted by Gasteiger charge is -2.54. The van der Waals surface area contributed by atoms with Gasteiger partial charge in [0.05, 0.1) is 0 Å². The van der Waals surface area contributed by atoms with E-state index in [0.717, 1.165) is 12.5 Å². The van der Waals surface area contributed by atoms with E-state index in [2.05, 4.69) is 56.0 Å². The van der Waals surface area contributed by atoms with Crippen molar-refractivity contribution in [1.82, 2.24) is 4.90 Å². The summed E-state index contributed by atoms with van der Waals surface area (Å²) in [5, 5.41) is 0. The van der Waals surface area contributed by atoms with Gasteiger partial charge in [-0.05, 0) is 25.3 Å². The van der Waals surface area contributed by atoms with Crippen LogP contribution >= 0.6 is 0 Å². The molecule has 1 saturated heterocycles. The third kappa shape index (κ3) is 1.57. The second-order valence-corrected chi connectivity index (χ2v) is 4.92. The molecule has 1 aliphatic rings. The number of benzene rings is 1. The summed E-state index contributed by atoms with van der Waals surface area (Å²) < 4.78 is 0. The van der Waals surface area contributed by atoms with Crippen molar-refractivity contribution in [2.75, 3.05) is 6.54 Å². The van der Waals surface area contributed by atoms with Crippen LogP contribution in [0.3, 0.4) is 0 Å². The zero-order valence-corrected chi connectivity index (χ0v) is 9.33. The third-order valence-corrected chi connectivity index (χ3v) is 3.73. The van der Waals surface area contributed by atoms with Crippen LogP contribution in [0.2, 0.25) is 0 Å². The predicted octanol–water partition coefficient (Wildman–Crippen LogP) is 2.92. The van der Waals surface area contributed by atoms with Crippen LogP contribution < -0.4 is 0 Å². The first-order valence-corrected chi connectivity index (χ1v) is 5.39. The van der Waals surface area contributed by atoms with Gasteiger partial charge in [0.15, 0.2) is 0 Å². The summed E-state index contributed by atoms with van der Waals surface area (Å²) in [6, 6.07) is 10.7. The number of rotatable bonds is 2. The molecule has 0 amide bonds. The Balaban J connectivity index is 2.01. The number of hydrogen-bond acceptors (Lipinski definition) is 1. The van der Waals surface area contributed by atoms with Gasteiger partial charge in [0.25, 0.3) is 0 Å². The maximum Gasteiger partial charge on any atom is 0.0239 e. The molecule has 1 heterocycles. The minimum Gasteiger partial charge on any atom is -0.293 e. The molecule has 0 saturated carbocycles. The SMILES string of the molecule is CC1CN(Cc2ccccc2)C1(C)C. The highest BCUT2D eigenvalue weighted by atomic mass is 15.3. The van der Waals surface area contributed by atoms with Crippen molar-refractivity contribution < 1.29 is 0 Å². The zero-order chi connectivity index (χ0) is 10.2. The van der Waals surface area contributed by atoms with Gasteiger partial charge in [-0.25, -0.2) is 0 Å². The fourth-order valence-corrected chi connectivity index (χ4v) is 2.06. The Hall–Kier alpha value is -0.820. The maximum atomic E-state index is 2.55. The Bertz CT molecular complexity index is 302. The molecule has 2 rings (SSSR count). The van der Waals surface area contributed by atoms with Gasteiger partial charge in [0.2, 0.25) is 0 Å². The van der Waals surface area contributed by atoms with E-state index in [4.69, 9.17) is 0 Å². The molecule has 1 aromatic rings. The van der Waals surface area contributed by atoms with E-state index in [1.807, 2.05) is 0 Å². The van der Waals surface area contributed by atoms with Crippen molar-refractivity contribution in [1.29, 1.82) is 0 Å². The molecule has 0 spiro atoms. The normalized spacial score (nSPS) is 25.8. The van der Waals surface area contributed by atoms with Crippen molar-refractivity contribution in [3.63, 3.8) is 0 Å². The molecule has 0 aromatic heterocycles. The van der Waals surface area contributed by atoms with Crippen molar-refractivity contribution >= 4 is 0 Å². The van der Waals surface area contributed by atoms with E-state index in [1.54, 1.807) is 0 Å². The van der Waals surface area contributed by atoms with Gasteiger partial charge in [-0.3, -0.25) is 4.90 Å². The molecule has 1 atom stereocenters. The summed E-state index contributed by atoms with van der Waals surface area (Å²) in [5.74, 6) is 0.825. The Kier molecular flexibility index (Phi) is 2.36. The van der Waals surface area contributed by atoms with Crippen molar-refractivity contribution in [2.24, 2.45) is 5.92 Å². The van der Waals surface area contributed by atoms with Gasteiger partial charge in [0.1, 0.15) is 0 Å². The average Bonchev–Trinajstić information content (AvgIpc) is 2.19. The van der Waals surface area contributed by atoms with Crippen LogP contribution in [0.5, 0.6) is 0 Å². The molecule has 0 bridgehead atoms. The number of nitrogens with zero attached hydrogens (tertiary/aromatic N) is 1. The second kappa shape index (κ2) is 3.39. The maximum absolute atomic E-state index is 2.55. The molecule has 0 N–H and O–H groups in total. The first kappa shape index (κ1) is 9.72. The third-order valence-electron chi connectivity index (χ3n) is 3.73. The summed E-state index contributed by atoms with van der Waals surface area (Å²) in [6.45, 7) is 9.34. The smallest absolute Gasteiger partial charge is 0.0239 e. The Morgan fingerprint density at radius 1 is 1.29 bits per heavy atom. The van der Waals surface area contributed by atoms with E-state index in [9.17, 15) is 0 Å². The van der Waals surface area contributed by atoms with Gasteiger partial charge in [-0.2, -0.15) is 0 Å². The van der Waals surface area contributed by atoms with E-state index in [0.29, 0.717) is 5.54 Å². The Labute approximate surface area is 86.7 Å². The quantitative estimate of drug-likeness (QED) is 0.691. The lowest BCUT2D eigenvalue weighted by molar-refractivity contribution is -0.0533. The van der Waals surface area contributed by atoms with Gasteiger partial charge < -0.3 is 0 Å². The molecule has 1 unspecified atom stereocenters. The summed E-state index contributed by atoms with van der Waals surface area (Å²) in [5.41, 5.74) is 1.81. The van der Waals surface area contributed by atoms with Crippen molar-refractivity contribution in [3.8, 4) is 0 Å². The molecule has 76 valence electrons. The lowest BCUT2D eigenvalue weighted by Crippen LogP contribution is -2.61. The van der Waals surface area contributed by atoms with Crippen LogP contribution in [0.1, 0.15) is 26.3 Å². The molecule has 1 nitrogen and oxygen atoms in total. The Morgan fingerprint density at radius 2 is 1.93 bits per heavy atom. The van der Waals surface area contributed by atoms with Crippen LogP contribution in [-0.4, -0.2) is 17.0 Å². The number of likely N-dealkylation sites (tertiary alicyclic amines) is 1. The Morgan fingerprint density at radius 3 is 2.43 bits per heavy atom. The van der Waals surface area contributed by atoms with Crippen LogP contribution in [0.15, 0.2) is 30.3 Å². The van der Waals surface area contributed by atoms with Crippen LogP contribution in [-0.2, 0) is 6.54 Å². The molecule has 0 radical (unpaired) electrons. The minimum absolute atomic E-state index is 0.385. The van der Waals surface area contributed by atoms with Crippen molar-refractivity contribution in [2.45, 2.75) is 32.9 Å². The molecule has 1 aromatic carbocycles. The predicted molar refractivity (Wildman–Crippen MR) is 60.1 cm³/mol. The summed E-state index contributed by atoms with van der Waals surface area (Å²) in [7, 11) is 0. The van der Waals surface area contributed by atoms with Gasteiger partial charge in [-0.1, -0.05) is 37.3 Å². The topological polar surface area (TPSA) is 3.24 Å². The fraction of sp³-hybridized carbons (Fsp3) is 0.538.